The molecule has 0 aliphatic carbocycles. The van der Waals surface area contributed by atoms with Gasteiger partial charge in [-0.15, -0.1) is 0 Å². The zero-order valence-corrected chi connectivity index (χ0v) is 21.4. The summed E-state index contributed by atoms with van der Waals surface area (Å²) in [6.45, 7) is 6.16. The number of nitrogens with zero attached hydrogens (tertiary/aromatic N) is 5. The minimum Gasteiger partial charge on any atom is -0.497 e. The third kappa shape index (κ3) is 4.28. The number of amides is 1. The second kappa shape index (κ2) is 9.02. The first-order valence-electron chi connectivity index (χ1n) is 11.1. The summed E-state index contributed by atoms with van der Waals surface area (Å²) in [6, 6.07) is 13.2. The minimum absolute atomic E-state index is 0.00739. The summed E-state index contributed by atoms with van der Waals surface area (Å²) >= 11 is 7.41. The van der Waals surface area contributed by atoms with E-state index in [-0.39, 0.29) is 11.7 Å². The molecule has 1 aliphatic heterocycles. The van der Waals surface area contributed by atoms with Gasteiger partial charge in [0.2, 0.25) is 5.91 Å². The van der Waals surface area contributed by atoms with Gasteiger partial charge in [0.1, 0.15) is 17.1 Å². The molecule has 2 aromatic carbocycles. The van der Waals surface area contributed by atoms with Crippen LogP contribution in [-0.2, 0) is 4.79 Å². The smallest absolute Gasteiger partial charge is 0.238 e. The summed E-state index contributed by atoms with van der Waals surface area (Å²) in [6.07, 6.45) is 5.35. The highest BCUT2D eigenvalue weighted by atomic mass is 35.5. The first kappa shape index (κ1) is 23.4. The second-order valence-corrected chi connectivity index (χ2v) is 10.2. The molecule has 0 unspecified atom stereocenters. The number of anilines is 1. The molecule has 3 heterocycles. The fraction of sp³-hybridized carbons (Fsp3) is 0.231. The molecule has 0 radical (unpaired) electrons. The number of carbonyl (C=O) groups is 1. The van der Waals surface area contributed by atoms with Gasteiger partial charge in [-0.1, -0.05) is 29.4 Å². The van der Waals surface area contributed by atoms with Gasteiger partial charge in [0, 0.05) is 10.6 Å². The van der Waals surface area contributed by atoms with Crippen LogP contribution in [0.2, 0.25) is 5.02 Å². The molecule has 0 spiro atoms. The average molecular weight is 506 g/mol. The Morgan fingerprint density at radius 3 is 2.66 bits per heavy atom. The van der Waals surface area contributed by atoms with Crippen LogP contribution < -0.4 is 9.64 Å². The average Bonchev–Trinajstić information content (AvgIpc) is 3.27. The molecule has 178 valence electrons. The molecule has 0 bridgehead atoms. The molecule has 5 rings (SSSR count). The van der Waals surface area contributed by atoms with E-state index >= 15 is 0 Å². The maximum absolute atomic E-state index is 13.6. The van der Waals surface area contributed by atoms with E-state index in [1.807, 2.05) is 61.2 Å². The van der Waals surface area contributed by atoms with E-state index in [4.69, 9.17) is 16.3 Å². The third-order valence-electron chi connectivity index (χ3n) is 6.00. The Morgan fingerprint density at radius 2 is 1.91 bits per heavy atom. The maximum atomic E-state index is 13.6. The van der Waals surface area contributed by atoms with Crippen molar-refractivity contribution in [3.8, 4) is 11.4 Å². The van der Waals surface area contributed by atoms with Gasteiger partial charge >= 0.3 is 0 Å². The molecule has 0 N–H and O–H groups in total. The van der Waals surface area contributed by atoms with Crippen molar-refractivity contribution in [2.45, 2.75) is 31.3 Å². The molecule has 0 atom stereocenters. The zero-order valence-electron chi connectivity index (χ0n) is 19.8. The molecule has 1 aliphatic rings. The number of benzene rings is 2. The van der Waals surface area contributed by atoms with Gasteiger partial charge in [-0.3, -0.25) is 4.79 Å². The number of aromatic nitrogens is 4. The number of hydrogen-bond acceptors (Lipinski definition) is 6. The molecule has 1 amide bonds. The predicted molar refractivity (Wildman–Crippen MR) is 141 cm³/mol. The van der Waals surface area contributed by atoms with Crippen molar-refractivity contribution in [3.05, 3.63) is 71.7 Å². The van der Waals surface area contributed by atoms with E-state index in [1.54, 1.807) is 18.0 Å². The van der Waals surface area contributed by atoms with Gasteiger partial charge in [-0.05, 0) is 68.8 Å². The van der Waals surface area contributed by atoms with Gasteiger partial charge < -0.3 is 9.64 Å². The van der Waals surface area contributed by atoms with Gasteiger partial charge in [-0.25, -0.2) is 14.6 Å². The van der Waals surface area contributed by atoms with Crippen molar-refractivity contribution in [2.24, 2.45) is 0 Å². The Labute approximate surface area is 212 Å². The molecule has 0 fully saturated rings. The summed E-state index contributed by atoms with van der Waals surface area (Å²) in [5, 5.41) is 6.65. The van der Waals surface area contributed by atoms with Crippen LogP contribution in [0.5, 0.6) is 5.75 Å². The normalized spacial score (nSPS) is 14.5. The Bertz CT molecular complexity index is 1460. The molecule has 0 saturated heterocycles. The Balaban J connectivity index is 1.43. The number of allylic oxidation sites excluding steroid dienone is 1. The van der Waals surface area contributed by atoms with Gasteiger partial charge in [-0.2, -0.15) is 5.10 Å². The molecular formula is C26H24ClN5O2S. The van der Waals surface area contributed by atoms with Gasteiger partial charge in [0.25, 0.3) is 0 Å². The van der Waals surface area contributed by atoms with Crippen LogP contribution in [-0.4, -0.2) is 44.1 Å². The lowest BCUT2D eigenvalue weighted by Gasteiger charge is -2.41. The quantitative estimate of drug-likeness (QED) is 0.252. The van der Waals surface area contributed by atoms with Crippen LogP contribution >= 0.6 is 23.4 Å². The van der Waals surface area contributed by atoms with Crippen molar-refractivity contribution >= 4 is 51.6 Å². The lowest BCUT2D eigenvalue weighted by molar-refractivity contribution is -0.116. The number of rotatable bonds is 5. The number of thioether (sulfide) groups is 1. The molecule has 7 nitrogen and oxygen atoms in total. The van der Waals surface area contributed by atoms with Crippen LogP contribution in [0, 0.1) is 0 Å². The van der Waals surface area contributed by atoms with Crippen molar-refractivity contribution < 1.29 is 9.53 Å². The number of fused-ring (bicyclic) bond motifs is 2. The van der Waals surface area contributed by atoms with Crippen LogP contribution in [0.15, 0.2) is 66.1 Å². The standard InChI is InChI=1S/C26H24ClN5O2S/c1-16-12-26(2,3)31(22-10-9-19(34-4)11-20(16)22)23(33)14-35-25-21-13-30-32(24(21)28-15-29-25)18-7-5-17(27)6-8-18/h5-13,15H,14H2,1-4H3. The summed E-state index contributed by atoms with van der Waals surface area (Å²) in [5.74, 6) is 0.978. The Kier molecular flexibility index (Phi) is 6.02. The maximum Gasteiger partial charge on any atom is 0.238 e. The summed E-state index contributed by atoms with van der Waals surface area (Å²) in [5.41, 5.74) is 4.04. The van der Waals surface area contributed by atoms with E-state index in [9.17, 15) is 4.79 Å². The highest BCUT2D eigenvalue weighted by molar-refractivity contribution is 8.00. The molecule has 9 heteroatoms. The van der Waals surface area contributed by atoms with Crippen LogP contribution in [0.1, 0.15) is 26.3 Å². The van der Waals surface area contributed by atoms with Crippen molar-refractivity contribution in [1.29, 1.82) is 0 Å². The lowest BCUT2D eigenvalue weighted by atomic mass is 9.88. The Morgan fingerprint density at radius 1 is 1.14 bits per heavy atom. The third-order valence-corrected chi connectivity index (χ3v) is 7.24. The highest BCUT2D eigenvalue weighted by Gasteiger charge is 2.36. The van der Waals surface area contributed by atoms with Crippen molar-refractivity contribution in [1.82, 2.24) is 19.7 Å². The topological polar surface area (TPSA) is 73.1 Å². The number of ether oxygens (including phenoxy) is 1. The van der Waals surface area contributed by atoms with Crippen LogP contribution in [0.25, 0.3) is 22.3 Å². The fourth-order valence-electron chi connectivity index (χ4n) is 4.49. The van der Waals surface area contributed by atoms with Crippen LogP contribution in [0.3, 0.4) is 0 Å². The number of hydrogen-bond donors (Lipinski definition) is 0. The molecule has 2 aromatic heterocycles. The summed E-state index contributed by atoms with van der Waals surface area (Å²) in [4.78, 5) is 24.3. The van der Waals surface area contributed by atoms with Gasteiger partial charge in [0.05, 0.1) is 41.4 Å². The molecule has 0 saturated carbocycles. The van der Waals surface area contributed by atoms with Crippen LogP contribution in [0.4, 0.5) is 5.69 Å². The minimum atomic E-state index is -0.468. The summed E-state index contributed by atoms with van der Waals surface area (Å²) < 4.78 is 7.14. The monoisotopic (exact) mass is 505 g/mol. The lowest BCUT2D eigenvalue weighted by Crippen LogP contribution is -2.49. The number of carbonyl (C=O) groups excluding carboxylic acids is 1. The van der Waals surface area contributed by atoms with Crippen molar-refractivity contribution in [2.75, 3.05) is 17.8 Å². The van der Waals surface area contributed by atoms with E-state index in [2.05, 4.69) is 28.1 Å². The van der Waals surface area contributed by atoms with E-state index in [0.29, 0.717) is 15.7 Å². The number of methoxy groups -OCH3 is 1. The summed E-state index contributed by atoms with van der Waals surface area (Å²) in [7, 11) is 1.64. The second-order valence-electron chi connectivity index (χ2n) is 8.83. The number of halogens is 1. The largest absolute Gasteiger partial charge is 0.497 e. The first-order valence-corrected chi connectivity index (χ1v) is 12.4. The SMILES string of the molecule is COc1ccc2c(c1)C(C)=CC(C)(C)N2C(=O)CSc1ncnc2c1cnn2-c1ccc(Cl)cc1. The molecule has 4 aromatic rings. The fourth-order valence-corrected chi connectivity index (χ4v) is 5.43. The highest BCUT2D eigenvalue weighted by Crippen LogP contribution is 2.41. The van der Waals surface area contributed by atoms with E-state index in [0.717, 1.165) is 33.6 Å². The molecule has 35 heavy (non-hydrogen) atoms. The van der Waals surface area contributed by atoms with E-state index in [1.165, 1.54) is 18.1 Å². The Hall–Kier alpha value is -3.36. The van der Waals surface area contributed by atoms with Crippen molar-refractivity contribution in [3.63, 3.8) is 0 Å². The van der Waals surface area contributed by atoms with Gasteiger partial charge in [0.15, 0.2) is 5.65 Å². The van der Waals surface area contributed by atoms with E-state index < -0.39 is 5.54 Å². The predicted octanol–water partition coefficient (Wildman–Crippen LogP) is 5.80. The molecular weight excluding hydrogens is 482 g/mol. The first-order chi connectivity index (χ1) is 16.8. The zero-order chi connectivity index (χ0) is 24.7.